The number of para-hydroxylation sites is 1. The number of nitrogens with two attached hydrogens (primary N) is 1. The molecule has 0 bridgehead atoms. The Morgan fingerprint density at radius 2 is 1.97 bits per heavy atom. The van der Waals surface area contributed by atoms with Gasteiger partial charge in [-0.15, -0.1) is 0 Å². The third kappa shape index (κ3) is 6.38. The SMILES string of the molecule is C=C1[C@@H](n2ccc(N)nc2=O)[C@@H](F)[C@H](O)[C@H]1COP(=O)(N[C@@H](C)C(=O)OC(C)C)Oc1ccccc1. The smallest absolute Gasteiger partial charge is 0.459 e. The van der Waals surface area contributed by atoms with Gasteiger partial charge in [-0.3, -0.25) is 13.9 Å². The van der Waals surface area contributed by atoms with Crippen LogP contribution in [0.25, 0.3) is 0 Å². The topological polar surface area (TPSA) is 155 Å². The van der Waals surface area contributed by atoms with Gasteiger partial charge < -0.3 is 20.1 Å². The highest BCUT2D eigenvalue weighted by Gasteiger charge is 2.48. The van der Waals surface area contributed by atoms with Gasteiger partial charge in [0, 0.05) is 12.1 Å². The predicted molar refractivity (Wildman–Crippen MR) is 130 cm³/mol. The maximum Gasteiger partial charge on any atom is 0.459 e. The number of halogens is 1. The molecule has 3 rings (SSSR count). The van der Waals surface area contributed by atoms with E-state index in [9.17, 15) is 19.3 Å². The summed E-state index contributed by atoms with van der Waals surface area (Å²) in [4.78, 5) is 28.1. The standard InChI is InChI=1S/C23H30FN4O7P/c1-13(2)34-22(30)15(4)27-36(32,35-16-8-6-5-7-9-16)33-12-17-14(3)20(19(24)21(17)29)28-11-10-18(25)26-23(28)31/h5-11,13,15,17,19-21,29H,3,12H2,1-2,4H3,(H,27,32)(H2,25,26,31)/t15-,17-,19+,20+,21+,36?/m0/s1. The number of anilines is 1. The highest BCUT2D eigenvalue weighted by molar-refractivity contribution is 7.52. The molecule has 36 heavy (non-hydrogen) atoms. The number of nitrogen functional groups attached to an aromatic ring is 1. The van der Waals surface area contributed by atoms with Crippen molar-refractivity contribution in [2.24, 2.45) is 5.92 Å². The van der Waals surface area contributed by atoms with Crippen molar-refractivity contribution in [3.63, 3.8) is 0 Å². The number of aliphatic hydroxyl groups excluding tert-OH is 1. The molecule has 1 aromatic heterocycles. The zero-order valence-electron chi connectivity index (χ0n) is 20.1. The molecule has 1 aliphatic rings. The molecule has 0 radical (unpaired) electrons. The molecule has 0 aliphatic heterocycles. The van der Waals surface area contributed by atoms with E-state index in [0.29, 0.717) is 0 Å². The van der Waals surface area contributed by atoms with Gasteiger partial charge in [-0.2, -0.15) is 10.1 Å². The minimum Gasteiger partial charge on any atom is -0.462 e. The van der Waals surface area contributed by atoms with Gasteiger partial charge in [0.15, 0.2) is 6.17 Å². The van der Waals surface area contributed by atoms with Crippen LogP contribution >= 0.6 is 7.75 Å². The molecule has 1 heterocycles. The molecule has 1 aliphatic carbocycles. The Morgan fingerprint density at radius 1 is 1.31 bits per heavy atom. The molecular formula is C23H30FN4O7P. The van der Waals surface area contributed by atoms with E-state index in [1.165, 1.54) is 31.3 Å². The van der Waals surface area contributed by atoms with Crippen LogP contribution in [0.5, 0.6) is 5.75 Å². The molecular weight excluding hydrogens is 494 g/mol. The molecule has 0 amide bonds. The van der Waals surface area contributed by atoms with Crippen molar-refractivity contribution in [2.45, 2.75) is 51.2 Å². The molecule has 0 saturated heterocycles. The number of hydrogen-bond donors (Lipinski definition) is 3. The first-order valence-electron chi connectivity index (χ1n) is 11.2. The highest BCUT2D eigenvalue weighted by atomic mass is 31.2. The number of alkyl halides is 1. The summed E-state index contributed by atoms with van der Waals surface area (Å²) < 4.78 is 46.0. The summed E-state index contributed by atoms with van der Waals surface area (Å²) >= 11 is 0. The van der Waals surface area contributed by atoms with Crippen LogP contribution in [-0.4, -0.2) is 51.7 Å². The van der Waals surface area contributed by atoms with Crippen LogP contribution in [0.15, 0.2) is 59.5 Å². The van der Waals surface area contributed by atoms with E-state index in [1.807, 2.05) is 0 Å². The minimum atomic E-state index is -4.25. The summed E-state index contributed by atoms with van der Waals surface area (Å²) in [6, 6.07) is 7.09. The van der Waals surface area contributed by atoms with Crippen LogP contribution < -0.4 is 21.0 Å². The van der Waals surface area contributed by atoms with Crippen LogP contribution in [0, 0.1) is 5.92 Å². The van der Waals surface area contributed by atoms with Crippen LogP contribution in [0.1, 0.15) is 26.8 Å². The molecule has 1 saturated carbocycles. The minimum absolute atomic E-state index is 0.0362. The maximum atomic E-state index is 15.1. The number of carbonyl (C=O) groups is 1. The summed E-state index contributed by atoms with van der Waals surface area (Å²) in [5, 5.41) is 13.1. The first-order valence-corrected chi connectivity index (χ1v) is 12.8. The number of benzene rings is 1. The van der Waals surface area contributed by atoms with E-state index >= 15 is 4.39 Å². The van der Waals surface area contributed by atoms with Gasteiger partial charge >= 0.3 is 19.4 Å². The van der Waals surface area contributed by atoms with Crippen molar-refractivity contribution >= 4 is 19.5 Å². The van der Waals surface area contributed by atoms with Gasteiger partial charge in [-0.05, 0) is 44.5 Å². The number of nitrogens with one attached hydrogen (secondary N) is 1. The maximum absolute atomic E-state index is 15.1. The average molecular weight is 524 g/mol. The fourth-order valence-electron chi connectivity index (χ4n) is 3.74. The Morgan fingerprint density at radius 3 is 2.58 bits per heavy atom. The number of hydrogen-bond acceptors (Lipinski definition) is 9. The first kappa shape index (κ1) is 27.5. The van der Waals surface area contributed by atoms with Crippen molar-refractivity contribution in [3.8, 4) is 5.75 Å². The normalized spacial score (nSPS) is 24.3. The van der Waals surface area contributed by atoms with E-state index < -0.39 is 62.4 Å². The second-order valence-electron chi connectivity index (χ2n) is 8.64. The van der Waals surface area contributed by atoms with E-state index in [4.69, 9.17) is 19.5 Å². The molecule has 4 N–H and O–H groups in total. The van der Waals surface area contributed by atoms with Gasteiger partial charge in [0.25, 0.3) is 0 Å². The van der Waals surface area contributed by atoms with Crippen molar-refractivity contribution in [3.05, 3.63) is 65.2 Å². The van der Waals surface area contributed by atoms with Gasteiger partial charge in [0.05, 0.1) is 24.9 Å². The number of rotatable bonds is 10. The highest BCUT2D eigenvalue weighted by Crippen LogP contribution is 2.48. The summed E-state index contributed by atoms with van der Waals surface area (Å²) in [7, 11) is -4.25. The lowest BCUT2D eigenvalue weighted by Gasteiger charge is -2.25. The number of nitrogens with zero attached hydrogens (tertiary/aromatic N) is 2. The number of aliphatic hydroxyl groups is 1. The monoisotopic (exact) mass is 524 g/mol. The van der Waals surface area contributed by atoms with Crippen molar-refractivity contribution in [1.82, 2.24) is 14.6 Å². The van der Waals surface area contributed by atoms with Crippen LogP contribution in [0.2, 0.25) is 0 Å². The van der Waals surface area contributed by atoms with Crippen LogP contribution in [-0.2, 0) is 18.6 Å². The van der Waals surface area contributed by atoms with E-state index in [0.717, 1.165) is 4.57 Å². The fourth-order valence-corrected chi connectivity index (χ4v) is 5.26. The number of aromatic nitrogens is 2. The molecule has 196 valence electrons. The average Bonchev–Trinajstić information content (AvgIpc) is 3.00. The van der Waals surface area contributed by atoms with Crippen LogP contribution in [0.4, 0.5) is 10.2 Å². The molecule has 11 nitrogen and oxygen atoms in total. The Labute approximate surface area is 207 Å². The lowest BCUT2D eigenvalue weighted by atomic mass is 10.0. The molecule has 2 aromatic rings. The first-order chi connectivity index (χ1) is 16.9. The lowest BCUT2D eigenvalue weighted by molar-refractivity contribution is -0.149. The molecule has 1 aromatic carbocycles. The number of ether oxygens (including phenoxy) is 1. The molecule has 13 heteroatoms. The fraction of sp³-hybridized carbons (Fsp3) is 0.435. The summed E-state index contributed by atoms with van der Waals surface area (Å²) in [5.41, 5.74) is 4.82. The summed E-state index contributed by atoms with van der Waals surface area (Å²) in [6.07, 6.45) is -2.69. The van der Waals surface area contributed by atoms with E-state index in [-0.39, 0.29) is 17.1 Å². The van der Waals surface area contributed by atoms with Crippen LogP contribution in [0.3, 0.4) is 0 Å². The van der Waals surface area contributed by atoms with Gasteiger partial charge in [0.2, 0.25) is 0 Å². The Bertz CT molecular complexity index is 1190. The number of carbonyl (C=O) groups excluding carboxylic acids is 1. The van der Waals surface area contributed by atoms with E-state index in [2.05, 4.69) is 16.7 Å². The second kappa shape index (κ2) is 11.3. The largest absolute Gasteiger partial charge is 0.462 e. The Kier molecular flexibility index (Phi) is 8.67. The van der Waals surface area contributed by atoms with Crippen molar-refractivity contribution < 1.29 is 32.6 Å². The zero-order chi connectivity index (χ0) is 26.6. The van der Waals surface area contributed by atoms with Gasteiger partial charge in [-0.25, -0.2) is 13.8 Å². The quantitative estimate of drug-likeness (QED) is 0.240. The van der Waals surface area contributed by atoms with Gasteiger partial charge in [0.1, 0.15) is 17.6 Å². The zero-order valence-corrected chi connectivity index (χ0v) is 21.0. The third-order valence-electron chi connectivity index (χ3n) is 5.50. The van der Waals surface area contributed by atoms with Crippen molar-refractivity contribution in [2.75, 3.05) is 12.3 Å². The third-order valence-corrected chi connectivity index (χ3v) is 7.14. The molecule has 1 unspecified atom stereocenters. The summed E-state index contributed by atoms with van der Waals surface area (Å²) in [5.74, 6) is -1.59. The summed E-state index contributed by atoms with van der Waals surface area (Å²) in [6.45, 7) is 8.11. The molecule has 1 fully saturated rings. The lowest BCUT2D eigenvalue weighted by Crippen LogP contribution is -2.37. The Hall–Kier alpha value is -3.05. The van der Waals surface area contributed by atoms with Crippen molar-refractivity contribution in [1.29, 1.82) is 0 Å². The van der Waals surface area contributed by atoms with E-state index in [1.54, 1.807) is 32.0 Å². The van der Waals surface area contributed by atoms with Gasteiger partial charge in [-0.1, -0.05) is 24.8 Å². The molecule has 6 atom stereocenters. The second-order valence-corrected chi connectivity index (χ2v) is 10.3. The predicted octanol–water partition coefficient (Wildman–Crippen LogP) is 2.38. The Balaban J connectivity index is 1.81. The molecule has 0 spiro atoms. The number of esters is 1.